The van der Waals surface area contributed by atoms with Crippen LogP contribution < -0.4 is 5.32 Å². The van der Waals surface area contributed by atoms with Crippen molar-refractivity contribution in [1.29, 1.82) is 5.26 Å². The summed E-state index contributed by atoms with van der Waals surface area (Å²) in [5, 5.41) is 11.8. The molecule has 1 fully saturated rings. The first kappa shape index (κ1) is 15.7. The number of hydrogen-bond acceptors (Lipinski definition) is 5. The van der Waals surface area contributed by atoms with Gasteiger partial charge in [0.15, 0.2) is 6.61 Å². The Morgan fingerprint density at radius 3 is 2.55 bits per heavy atom. The van der Waals surface area contributed by atoms with Crippen molar-refractivity contribution in [1.82, 2.24) is 5.32 Å². The van der Waals surface area contributed by atoms with E-state index in [9.17, 15) is 14.4 Å². The van der Waals surface area contributed by atoms with Crippen molar-refractivity contribution in [2.24, 2.45) is 5.92 Å². The molecular weight excluding hydrogens is 284 g/mol. The topological polar surface area (TPSA) is 96.3 Å². The number of rotatable bonds is 6. The molecule has 6 nitrogen and oxygen atoms in total. The van der Waals surface area contributed by atoms with E-state index in [0.717, 1.165) is 12.8 Å². The minimum absolute atomic E-state index is 0.160. The molecule has 1 aliphatic rings. The van der Waals surface area contributed by atoms with E-state index < -0.39 is 24.0 Å². The molecule has 0 bridgehead atoms. The van der Waals surface area contributed by atoms with Crippen LogP contribution in [-0.4, -0.2) is 30.3 Å². The molecule has 1 aromatic carbocycles. The Hall–Kier alpha value is -2.68. The number of aldehydes is 1. The van der Waals surface area contributed by atoms with Gasteiger partial charge >= 0.3 is 5.97 Å². The molecule has 0 unspecified atom stereocenters. The molecule has 1 atom stereocenters. The van der Waals surface area contributed by atoms with Crippen molar-refractivity contribution >= 4 is 18.2 Å². The second-order valence-corrected chi connectivity index (χ2v) is 5.45. The normalized spacial score (nSPS) is 16.0. The van der Waals surface area contributed by atoms with Gasteiger partial charge in [0.25, 0.3) is 5.91 Å². The first-order valence-corrected chi connectivity index (χ1v) is 6.93. The highest BCUT2D eigenvalue weighted by Crippen LogP contribution is 2.39. The highest BCUT2D eigenvalue weighted by atomic mass is 16.5. The largest absolute Gasteiger partial charge is 0.452 e. The van der Waals surface area contributed by atoms with Gasteiger partial charge in [-0.1, -0.05) is 12.1 Å². The number of nitrogens with one attached hydrogen (secondary N) is 1. The molecule has 0 aromatic heterocycles. The summed E-state index contributed by atoms with van der Waals surface area (Å²) in [5.41, 5.74) is -0.207. The minimum atomic E-state index is -0.908. The predicted molar refractivity (Wildman–Crippen MR) is 77.0 cm³/mol. The fourth-order valence-corrected chi connectivity index (χ4v) is 2.12. The summed E-state index contributed by atoms with van der Waals surface area (Å²) < 4.78 is 4.91. The molecule has 0 aliphatic heterocycles. The molecule has 0 saturated heterocycles. The van der Waals surface area contributed by atoms with Crippen LogP contribution in [0.15, 0.2) is 24.3 Å². The summed E-state index contributed by atoms with van der Waals surface area (Å²) in [7, 11) is 0. The molecule has 1 saturated carbocycles. The molecule has 0 radical (unpaired) electrons. The van der Waals surface area contributed by atoms with Gasteiger partial charge in [-0.15, -0.1) is 0 Å². The number of benzene rings is 1. The summed E-state index contributed by atoms with van der Waals surface area (Å²) >= 11 is 0. The van der Waals surface area contributed by atoms with Crippen LogP contribution in [-0.2, 0) is 9.53 Å². The Labute approximate surface area is 128 Å². The van der Waals surface area contributed by atoms with E-state index in [1.807, 2.05) is 0 Å². The Morgan fingerprint density at radius 2 is 2.05 bits per heavy atom. The standard InChI is InChI=1S/C16H16N2O4/c1-16(10-17,13-6-7-13)18-14(20)9-22-15(21)12-4-2-11(8-19)3-5-12/h2-5,8,13H,6-7,9H2,1H3,(H,18,20)/t16-/m1/s1. The molecule has 0 heterocycles. The van der Waals surface area contributed by atoms with E-state index in [1.54, 1.807) is 6.92 Å². The summed E-state index contributed by atoms with van der Waals surface area (Å²) in [6.07, 6.45) is 2.49. The zero-order chi connectivity index (χ0) is 16.2. The number of ether oxygens (including phenoxy) is 1. The maximum atomic E-state index is 11.8. The zero-order valence-corrected chi connectivity index (χ0v) is 12.2. The second-order valence-electron chi connectivity index (χ2n) is 5.45. The van der Waals surface area contributed by atoms with E-state index in [-0.39, 0.29) is 11.5 Å². The van der Waals surface area contributed by atoms with Crippen LogP contribution >= 0.6 is 0 Å². The van der Waals surface area contributed by atoms with Crippen LogP contribution in [0.2, 0.25) is 0 Å². The van der Waals surface area contributed by atoms with Crippen LogP contribution in [0.4, 0.5) is 0 Å². The first-order chi connectivity index (χ1) is 10.5. The Balaban J connectivity index is 1.86. The summed E-state index contributed by atoms with van der Waals surface area (Å²) in [4.78, 5) is 34.1. The number of esters is 1. The number of nitrogens with zero attached hydrogens (tertiary/aromatic N) is 1. The number of hydrogen-bond donors (Lipinski definition) is 1. The van der Waals surface area contributed by atoms with Crippen molar-refractivity contribution in [3.05, 3.63) is 35.4 Å². The van der Waals surface area contributed by atoms with Gasteiger partial charge in [-0.05, 0) is 37.8 Å². The fraction of sp³-hybridized carbons (Fsp3) is 0.375. The summed E-state index contributed by atoms with van der Waals surface area (Å²) in [6.45, 7) is 1.22. The molecule has 0 spiro atoms. The van der Waals surface area contributed by atoms with Crippen molar-refractivity contribution < 1.29 is 19.1 Å². The molecule has 114 valence electrons. The molecule has 2 rings (SSSR count). The quantitative estimate of drug-likeness (QED) is 0.634. The van der Waals surface area contributed by atoms with Crippen LogP contribution in [0.5, 0.6) is 0 Å². The molecule has 1 aromatic rings. The van der Waals surface area contributed by atoms with Crippen molar-refractivity contribution in [3.8, 4) is 6.07 Å². The lowest BCUT2D eigenvalue weighted by molar-refractivity contribution is -0.125. The Bertz CT molecular complexity index is 629. The van der Waals surface area contributed by atoms with E-state index in [0.29, 0.717) is 11.8 Å². The zero-order valence-electron chi connectivity index (χ0n) is 12.2. The van der Waals surface area contributed by atoms with E-state index in [1.165, 1.54) is 24.3 Å². The number of amides is 1. The SMILES string of the molecule is C[C@](C#N)(NC(=O)COC(=O)c1ccc(C=O)cc1)C1CC1. The lowest BCUT2D eigenvalue weighted by atomic mass is 9.98. The van der Waals surface area contributed by atoms with E-state index in [4.69, 9.17) is 10.00 Å². The molecule has 6 heteroatoms. The summed E-state index contributed by atoms with van der Waals surface area (Å²) in [6, 6.07) is 7.98. The Morgan fingerprint density at radius 1 is 1.41 bits per heavy atom. The van der Waals surface area contributed by atoms with Crippen LogP contribution in [0.3, 0.4) is 0 Å². The second kappa shape index (κ2) is 6.39. The van der Waals surface area contributed by atoms with Crippen LogP contribution in [0.1, 0.15) is 40.5 Å². The lowest BCUT2D eigenvalue weighted by Crippen LogP contribution is -2.48. The average molecular weight is 300 g/mol. The van der Waals surface area contributed by atoms with Crippen molar-refractivity contribution in [2.75, 3.05) is 6.61 Å². The highest BCUT2D eigenvalue weighted by Gasteiger charge is 2.43. The summed E-state index contributed by atoms with van der Waals surface area (Å²) in [5.74, 6) is -1.00. The maximum absolute atomic E-state index is 11.8. The van der Waals surface area contributed by atoms with Gasteiger partial charge in [0.2, 0.25) is 0 Å². The first-order valence-electron chi connectivity index (χ1n) is 6.93. The fourth-order valence-electron chi connectivity index (χ4n) is 2.12. The molecule has 1 N–H and O–H groups in total. The van der Waals surface area contributed by atoms with Crippen molar-refractivity contribution in [2.45, 2.75) is 25.3 Å². The maximum Gasteiger partial charge on any atom is 0.338 e. The van der Waals surface area contributed by atoms with Gasteiger partial charge in [-0.3, -0.25) is 9.59 Å². The Kier molecular flexibility index (Phi) is 4.56. The van der Waals surface area contributed by atoms with E-state index >= 15 is 0 Å². The van der Waals surface area contributed by atoms with Gasteiger partial charge in [0.1, 0.15) is 11.8 Å². The molecule has 1 amide bonds. The van der Waals surface area contributed by atoms with Gasteiger partial charge in [-0.25, -0.2) is 4.79 Å². The number of carbonyl (C=O) groups is 3. The van der Waals surface area contributed by atoms with Gasteiger partial charge < -0.3 is 10.1 Å². The molecule has 22 heavy (non-hydrogen) atoms. The van der Waals surface area contributed by atoms with Crippen LogP contribution in [0.25, 0.3) is 0 Å². The third kappa shape index (κ3) is 3.70. The van der Waals surface area contributed by atoms with Crippen molar-refractivity contribution in [3.63, 3.8) is 0 Å². The van der Waals surface area contributed by atoms with Gasteiger partial charge in [-0.2, -0.15) is 5.26 Å². The third-order valence-electron chi connectivity index (χ3n) is 3.64. The van der Waals surface area contributed by atoms with Gasteiger partial charge in [0, 0.05) is 5.56 Å². The van der Waals surface area contributed by atoms with E-state index in [2.05, 4.69) is 11.4 Å². The smallest absolute Gasteiger partial charge is 0.338 e. The van der Waals surface area contributed by atoms with Gasteiger partial charge in [0.05, 0.1) is 11.6 Å². The third-order valence-corrected chi connectivity index (χ3v) is 3.64. The monoisotopic (exact) mass is 300 g/mol. The predicted octanol–water partition coefficient (Wildman–Crippen LogP) is 1.46. The number of nitriles is 1. The highest BCUT2D eigenvalue weighted by molar-refractivity contribution is 5.92. The molecule has 1 aliphatic carbocycles. The number of carbonyl (C=O) groups excluding carboxylic acids is 3. The average Bonchev–Trinajstić information content (AvgIpc) is 3.38. The lowest BCUT2D eigenvalue weighted by Gasteiger charge is -2.22. The minimum Gasteiger partial charge on any atom is -0.452 e. The molecular formula is C16H16N2O4. The van der Waals surface area contributed by atoms with Crippen LogP contribution in [0, 0.1) is 17.2 Å².